The Morgan fingerprint density at radius 3 is 2.21 bits per heavy atom. The molecule has 8 nitrogen and oxygen atoms in total. The van der Waals surface area contributed by atoms with Crippen LogP contribution in [0.15, 0.2) is 34.1 Å². The van der Waals surface area contributed by atoms with Crippen LogP contribution in [0.1, 0.15) is 42.3 Å². The van der Waals surface area contributed by atoms with Crippen LogP contribution in [0.3, 0.4) is 0 Å². The Balaban J connectivity index is 2.98. The van der Waals surface area contributed by atoms with E-state index in [0.29, 0.717) is 0 Å². The molecule has 0 fully saturated rings. The van der Waals surface area contributed by atoms with Gasteiger partial charge in [-0.1, -0.05) is 32.4 Å². The first kappa shape index (κ1) is 21.6. The van der Waals surface area contributed by atoms with E-state index in [1.54, 1.807) is 20.8 Å². The zero-order valence-electron chi connectivity index (χ0n) is 15.5. The summed E-state index contributed by atoms with van der Waals surface area (Å²) in [7, 11) is -4.49. The predicted molar refractivity (Wildman–Crippen MR) is 102 cm³/mol. The van der Waals surface area contributed by atoms with Gasteiger partial charge in [-0.2, -0.15) is 0 Å². The van der Waals surface area contributed by atoms with Crippen molar-refractivity contribution in [2.75, 3.05) is 0 Å². The number of halogens is 1. The lowest BCUT2D eigenvalue weighted by Gasteiger charge is -2.24. The van der Waals surface area contributed by atoms with Crippen LogP contribution in [-0.2, 0) is 15.3 Å². The molecule has 0 saturated heterocycles. The Bertz CT molecular complexity index is 1100. The minimum Gasteiger partial charge on any atom is -0.507 e. The number of carboxylic acids is 1. The molecule has 0 aliphatic rings. The number of phenols is 1. The van der Waals surface area contributed by atoms with Crippen molar-refractivity contribution in [1.82, 2.24) is 0 Å². The van der Waals surface area contributed by atoms with Crippen LogP contribution < -0.4 is 0 Å². The molecule has 10 heteroatoms. The highest BCUT2D eigenvalue weighted by Gasteiger charge is 2.34. The van der Waals surface area contributed by atoms with E-state index < -0.39 is 52.9 Å². The summed E-state index contributed by atoms with van der Waals surface area (Å²) in [5, 5.41) is 31.2. The maximum Gasteiger partial charge on any atom is 0.339 e. The summed E-state index contributed by atoms with van der Waals surface area (Å²) in [4.78, 5) is 21.1. The molecule has 28 heavy (non-hydrogen) atoms. The second-order valence-corrected chi connectivity index (χ2v) is 9.52. The zero-order chi connectivity index (χ0) is 21.6. The molecular weight excluding hydrogens is 410 g/mol. The highest BCUT2D eigenvalue weighted by atomic mass is 35.5. The monoisotopic (exact) mass is 427 g/mol. The van der Waals surface area contributed by atoms with E-state index in [1.807, 2.05) is 0 Å². The molecule has 2 aromatic carbocycles. The van der Waals surface area contributed by atoms with Gasteiger partial charge in [-0.05, 0) is 36.1 Å². The van der Waals surface area contributed by atoms with Crippen molar-refractivity contribution in [2.45, 2.75) is 42.9 Å². The zero-order valence-corrected chi connectivity index (χ0v) is 17.1. The summed E-state index contributed by atoms with van der Waals surface area (Å²) < 4.78 is 26.5. The predicted octanol–water partition coefficient (Wildman–Crippen LogP) is 4.09. The number of aromatic carboxylic acids is 1. The molecule has 0 amide bonds. The van der Waals surface area contributed by atoms with Crippen molar-refractivity contribution < 1.29 is 28.3 Å². The lowest BCUT2D eigenvalue weighted by molar-refractivity contribution is -0.387. The molecule has 0 bridgehead atoms. The van der Waals surface area contributed by atoms with E-state index >= 15 is 0 Å². The topological polar surface area (TPSA) is 135 Å². The van der Waals surface area contributed by atoms with E-state index in [9.17, 15) is 33.5 Å². The molecule has 0 aromatic heterocycles. The molecule has 2 rings (SSSR count). The van der Waals surface area contributed by atoms with Gasteiger partial charge in [0.15, 0.2) is 0 Å². The molecule has 2 aromatic rings. The fraction of sp³-hybridized carbons (Fsp3) is 0.278. The maximum atomic E-state index is 13.2. The van der Waals surface area contributed by atoms with Crippen molar-refractivity contribution in [1.29, 1.82) is 0 Å². The van der Waals surface area contributed by atoms with Gasteiger partial charge in [0.1, 0.15) is 16.2 Å². The molecular formula is C18H18ClNO7S. The third-order valence-electron chi connectivity index (χ3n) is 4.23. The number of hydrogen-bond acceptors (Lipinski definition) is 6. The second-order valence-electron chi connectivity index (χ2n) is 7.20. The maximum absolute atomic E-state index is 13.2. The van der Waals surface area contributed by atoms with E-state index in [-0.39, 0.29) is 16.1 Å². The molecule has 0 radical (unpaired) electrons. The smallest absolute Gasteiger partial charge is 0.339 e. The Kier molecular flexibility index (Phi) is 5.46. The summed E-state index contributed by atoms with van der Waals surface area (Å²) in [6.07, 6.45) is 0. The number of rotatable bonds is 4. The van der Waals surface area contributed by atoms with Crippen LogP contribution >= 0.6 is 11.6 Å². The van der Waals surface area contributed by atoms with Gasteiger partial charge in [-0.3, -0.25) is 10.1 Å². The number of sulfone groups is 1. The molecule has 0 spiro atoms. The van der Waals surface area contributed by atoms with Crippen molar-refractivity contribution in [3.63, 3.8) is 0 Å². The van der Waals surface area contributed by atoms with E-state index in [0.717, 1.165) is 18.2 Å². The van der Waals surface area contributed by atoms with Crippen molar-refractivity contribution >= 4 is 33.1 Å². The Hall–Kier alpha value is -2.65. The summed E-state index contributed by atoms with van der Waals surface area (Å²) >= 11 is 5.75. The fourth-order valence-corrected chi connectivity index (χ4v) is 4.67. The van der Waals surface area contributed by atoms with Crippen LogP contribution in [0, 0.1) is 17.0 Å². The van der Waals surface area contributed by atoms with Gasteiger partial charge in [0.05, 0.1) is 9.82 Å². The fourth-order valence-electron chi connectivity index (χ4n) is 2.83. The van der Waals surface area contributed by atoms with E-state index in [1.165, 1.54) is 13.0 Å². The van der Waals surface area contributed by atoms with Gasteiger partial charge in [0.25, 0.3) is 5.69 Å². The van der Waals surface area contributed by atoms with Crippen LogP contribution in [0.4, 0.5) is 5.69 Å². The van der Waals surface area contributed by atoms with Crippen molar-refractivity contribution in [3.05, 3.63) is 56.1 Å². The average molecular weight is 428 g/mol. The van der Waals surface area contributed by atoms with Crippen LogP contribution in [0.25, 0.3) is 0 Å². The number of nitrogens with zero attached hydrogens (tertiary/aromatic N) is 1. The van der Waals surface area contributed by atoms with Gasteiger partial charge in [0.2, 0.25) is 9.84 Å². The summed E-state index contributed by atoms with van der Waals surface area (Å²) in [5.41, 5.74) is -2.22. The van der Waals surface area contributed by atoms with Gasteiger partial charge in [-0.25, -0.2) is 13.2 Å². The lowest BCUT2D eigenvalue weighted by atomic mass is 9.84. The first-order chi connectivity index (χ1) is 12.7. The quantitative estimate of drug-likeness (QED) is 0.554. The summed E-state index contributed by atoms with van der Waals surface area (Å²) in [6, 6.07) is 4.26. The minimum atomic E-state index is -4.49. The molecule has 0 heterocycles. The van der Waals surface area contributed by atoms with Crippen LogP contribution in [-0.4, -0.2) is 29.5 Å². The Morgan fingerprint density at radius 2 is 1.75 bits per heavy atom. The summed E-state index contributed by atoms with van der Waals surface area (Å²) in [6.45, 7) is 6.24. The van der Waals surface area contributed by atoms with Gasteiger partial charge >= 0.3 is 5.97 Å². The average Bonchev–Trinajstić information content (AvgIpc) is 2.52. The third-order valence-corrected chi connectivity index (χ3v) is 6.39. The largest absolute Gasteiger partial charge is 0.507 e. The van der Waals surface area contributed by atoms with E-state index in [2.05, 4.69) is 0 Å². The van der Waals surface area contributed by atoms with Crippen molar-refractivity contribution in [2.24, 2.45) is 0 Å². The van der Waals surface area contributed by atoms with Gasteiger partial charge < -0.3 is 10.2 Å². The molecule has 150 valence electrons. The first-order valence-electron chi connectivity index (χ1n) is 7.99. The van der Waals surface area contributed by atoms with Gasteiger partial charge in [0, 0.05) is 16.7 Å². The Labute approximate surface area is 166 Å². The molecule has 0 aliphatic heterocycles. The molecule has 0 unspecified atom stereocenters. The van der Waals surface area contributed by atoms with E-state index in [4.69, 9.17) is 11.6 Å². The summed E-state index contributed by atoms with van der Waals surface area (Å²) in [5.74, 6) is -2.05. The second kappa shape index (κ2) is 7.06. The number of benzene rings is 2. The van der Waals surface area contributed by atoms with Crippen LogP contribution in [0.2, 0.25) is 5.02 Å². The number of hydrogen-bond donors (Lipinski definition) is 2. The molecule has 0 saturated carbocycles. The third kappa shape index (κ3) is 3.67. The first-order valence-corrected chi connectivity index (χ1v) is 9.85. The molecule has 0 aliphatic carbocycles. The number of carbonyl (C=O) groups is 1. The normalized spacial score (nSPS) is 12.0. The SMILES string of the molecule is Cc1c(S(=O)(=O)c2ccc(Cl)cc2[N+](=O)[O-])cc(C(C)(C)C)c(O)c1C(=O)O. The molecule has 0 atom stereocenters. The molecule has 2 N–H and O–H groups in total. The lowest BCUT2D eigenvalue weighted by Crippen LogP contribution is -2.17. The van der Waals surface area contributed by atoms with Gasteiger partial charge in [-0.15, -0.1) is 0 Å². The standard InChI is InChI=1S/C18H18ClNO7S/c1-9-14(8-11(18(2,3)4)16(21)15(9)17(22)23)28(26,27)13-6-5-10(19)7-12(13)20(24)25/h5-8,21H,1-4H3,(H,22,23). The Morgan fingerprint density at radius 1 is 1.18 bits per heavy atom. The number of aromatic hydroxyl groups is 1. The van der Waals surface area contributed by atoms with Crippen LogP contribution in [0.5, 0.6) is 5.75 Å². The minimum absolute atomic E-state index is 0.0188. The number of carboxylic acid groups (broad SMARTS) is 1. The van der Waals surface area contributed by atoms with Crippen molar-refractivity contribution in [3.8, 4) is 5.75 Å². The number of nitro benzene ring substituents is 1. The highest BCUT2D eigenvalue weighted by molar-refractivity contribution is 7.91. The highest BCUT2D eigenvalue weighted by Crippen LogP contribution is 2.41. The number of nitro groups is 1.